The highest BCUT2D eigenvalue weighted by Crippen LogP contribution is 2.19. The molecule has 0 radical (unpaired) electrons. The van der Waals surface area contributed by atoms with Gasteiger partial charge in [0.05, 0.1) is 6.54 Å². The average molecular weight is 337 g/mol. The number of hydrogen-bond acceptors (Lipinski definition) is 3. The second kappa shape index (κ2) is 8.79. The topological polar surface area (TPSA) is 35.6 Å². The molecule has 4 heteroatoms. The van der Waals surface area contributed by atoms with Crippen LogP contribution in [0.3, 0.4) is 0 Å². The zero-order valence-corrected chi connectivity index (χ0v) is 14.9. The molecule has 0 atom stereocenters. The number of amides is 1. The number of para-hydroxylation sites is 1. The van der Waals surface area contributed by atoms with Gasteiger partial charge >= 0.3 is 0 Å². The highest BCUT2D eigenvalue weighted by atomic mass is 16.2. The summed E-state index contributed by atoms with van der Waals surface area (Å²) in [5.74, 6) is 0.0745. The molecule has 1 aliphatic heterocycles. The van der Waals surface area contributed by atoms with Crippen molar-refractivity contribution in [3.8, 4) is 0 Å². The molecule has 3 rings (SSSR count). The van der Waals surface area contributed by atoms with E-state index in [9.17, 15) is 4.79 Å². The van der Waals surface area contributed by atoms with Gasteiger partial charge in [0.15, 0.2) is 0 Å². The molecule has 25 heavy (non-hydrogen) atoms. The second-order valence-corrected chi connectivity index (χ2v) is 6.58. The molecule has 1 fully saturated rings. The molecule has 2 aromatic carbocycles. The van der Waals surface area contributed by atoms with Crippen molar-refractivity contribution in [3.63, 3.8) is 0 Å². The molecule has 1 saturated heterocycles. The van der Waals surface area contributed by atoms with Crippen LogP contribution in [-0.4, -0.2) is 55.0 Å². The molecular formula is C21H27N3O. The number of hydrogen-bond donors (Lipinski definition) is 1. The van der Waals surface area contributed by atoms with Gasteiger partial charge < -0.3 is 10.2 Å². The predicted molar refractivity (Wildman–Crippen MR) is 103 cm³/mol. The molecule has 0 aromatic heterocycles. The SMILES string of the molecule is CCN1CCN(CC(=O)Nc2ccccc2Cc2ccccc2)CC1. The summed E-state index contributed by atoms with van der Waals surface area (Å²) in [6.45, 7) is 7.78. The van der Waals surface area contributed by atoms with E-state index in [1.54, 1.807) is 0 Å². The Hall–Kier alpha value is -2.17. The van der Waals surface area contributed by atoms with E-state index >= 15 is 0 Å². The molecule has 0 spiro atoms. The quantitative estimate of drug-likeness (QED) is 0.880. The van der Waals surface area contributed by atoms with Crippen molar-refractivity contribution in [2.75, 3.05) is 44.6 Å². The largest absolute Gasteiger partial charge is 0.325 e. The Labute approximate surface area is 150 Å². The van der Waals surface area contributed by atoms with Crippen LogP contribution in [0.2, 0.25) is 0 Å². The monoisotopic (exact) mass is 337 g/mol. The van der Waals surface area contributed by atoms with E-state index in [2.05, 4.69) is 40.2 Å². The van der Waals surface area contributed by atoms with Gasteiger partial charge in [-0.05, 0) is 30.2 Å². The molecule has 132 valence electrons. The third-order valence-electron chi connectivity index (χ3n) is 4.81. The third kappa shape index (κ3) is 5.15. The van der Waals surface area contributed by atoms with Crippen molar-refractivity contribution in [1.82, 2.24) is 9.80 Å². The van der Waals surface area contributed by atoms with E-state index in [1.807, 2.05) is 36.4 Å². The third-order valence-corrected chi connectivity index (χ3v) is 4.81. The van der Waals surface area contributed by atoms with Crippen LogP contribution in [-0.2, 0) is 11.2 Å². The minimum Gasteiger partial charge on any atom is -0.325 e. The Morgan fingerprint density at radius 2 is 1.56 bits per heavy atom. The lowest BCUT2D eigenvalue weighted by Crippen LogP contribution is -2.48. The number of likely N-dealkylation sites (N-methyl/N-ethyl adjacent to an activating group) is 1. The Morgan fingerprint density at radius 1 is 0.920 bits per heavy atom. The Balaban J connectivity index is 1.58. The zero-order chi connectivity index (χ0) is 17.5. The Bertz CT molecular complexity index is 679. The van der Waals surface area contributed by atoms with E-state index in [-0.39, 0.29) is 5.91 Å². The van der Waals surface area contributed by atoms with Gasteiger partial charge in [0.2, 0.25) is 5.91 Å². The molecule has 1 N–H and O–H groups in total. The van der Waals surface area contributed by atoms with Crippen LogP contribution in [0.25, 0.3) is 0 Å². The van der Waals surface area contributed by atoms with Gasteiger partial charge in [-0.1, -0.05) is 55.5 Å². The fourth-order valence-corrected chi connectivity index (χ4v) is 3.27. The molecule has 0 bridgehead atoms. The number of piperazine rings is 1. The molecule has 4 nitrogen and oxygen atoms in total. The zero-order valence-electron chi connectivity index (χ0n) is 14.9. The van der Waals surface area contributed by atoms with Gasteiger partial charge in [-0.25, -0.2) is 0 Å². The fourth-order valence-electron chi connectivity index (χ4n) is 3.27. The standard InChI is InChI=1S/C21H27N3O/c1-2-23-12-14-24(15-13-23)17-21(25)22-20-11-7-6-10-19(20)16-18-8-4-3-5-9-18/h3-11H,2,12-17H2,1H3,(H,22,25). The van der Waals surface area contributed by atoms with E-state index in [0.717, 1.165) is 50.4 Å². The summed E-state index contributed by atoms with van der Waals surface area (Å²) >= 11 is 0. The van der Waals surface area contributed by atoms with Gasteiger partial charge in [-0.2, -0.15) is 0 Å². The lowest BCUT2D eigenvalue weighted by Gasteiger charge is -2.33. The average Bonchev–Trinajstić information content (AvgIpc) is 2.65. The predicted octanol–water partition coefficient (Wildman–Crippen LogP) is 2.85. The molecule has 0 saturated carbocycles. The summed E-state index contributed by atoms with van der Waals surface area (Å²) in [4.78, 5) is 17.1. The maximum atomic E-state index is 12.5. The first kappa shape index (κ1) is 17.6. The van der Waals surface area contributed by atoms with Crippen LogP contribution >= 0.6 is 0 Å². The smallest absolute Gasteiger partial charge is 0.238 e. The van der Waals surface area contributed by atoms with E-state index < -0.39 is 0 Å². The Morgan fingerprint density at radius 3 is 2.28 bits per heavy atom. The van der Waals surface area contributed by atoms with Crippen LogP contribution in [0.15, 0.2) is 54.6 Å². The highest BCUT2D eigenvalue weighted by Gasteiger charge is 2.18. The van der Waals surface area contributed by atoms with Crippen molar-refractivity contribution in [2.45, 2.75) is 13.3 Å². The number of nitrogens with one attached hydrogen (secondary N) is 1. The van der Waals surface area contributed by atoms with E-state index in [4.69, 9.17) is 0 Å². The molecule has 1 aliphatic rings. The van der Waals surface area contributed by atoms with Crippen LogP contribution in [0.5, 0.6) is 0 Å². The fraction of sp³-hybridized carbons (Fsp3) is 0.381. The maximum Gasteiger partial charge on any atom is 0.238 e. The summed E-state index contributed by atoms with van der Waals surface area (Å²) in [5, 5.41) is 3.11. The van der Waals surface area contributed by atoms with Crippen LogP contribution in [0.4, 0.5) is 5.69 Å². The van der Waals surface area contributed by atoms with Crippen molar-refractivity contribution in [3.05, 3.63) is 65.7 Å². The molecular weight excluding hydrogens is 310 g/mol. The number of carbonyl (C=O) groups excluding carboxylic acids is 1. The van der Waals surface area contributed by atoms with E-state index in [0.29, 0.717) is 6.54 Å². The number of anilines is 1. The number of carbonyl (C=O) groups is 1. The van der Waals surface area contributed by atoms with Crippen LogP contribution in [0.1, 0.15) is 18.1 Å². The van der Waals surface area contributed by atoms with Crippen LogP contribution < -0.4 is 5.32 Å². The van der Waals surface area contributed by atoms with Crippen molar-refractivity contribution in [2.24, 2.45) is 0 Å². The number of nitrogens with zero attached hydrogens (tertiary/aromatic N) is 2. The molecule has 1 heterocycles. The summed E-state index contributed by atoms with van der Waals surface area (Å²) in [6.07, 6.45) is 0.826. The molecule has 0 aliphatic carbocycles. The number of rotatable bonds is 6. The molecule has 2 aromatic rings. The molecule has 1 amide bonds. The van der Waals surface area contributed by atoms with Crippen LogP contribution in [0, 0.1) is 0 Å². The molecule has 0 unspecified atom stereocenters. The Kier molecular flexibility index (Phi) is 6.20. The van der Waals surface area contributed by atoms with Gasteiger partial charge in [-0.15, -0.1) is 0 Å². The highest BCUT2D eigenvalue weighted by molar-refractivity contribution is 5.93. The summed E-state index contributed by atoms with van der Waals surface area (Å²) in [6, 6.07) is 18.4. The second-order valence-electron chi connectivity index (χ2n) is 6.58. The summed E-state index contributed by atoms with van der Waals surface area (Å²) in [7, 11) is 0. The van der Waals surface area contributed by atoms with Gasteiger partial charge in [-0.3, -0.25) is 9.69 Å². The van der Waals surface area contributed by atoms with Gasteiger partial charge in [0, 0.05) is 31.9 Å². The lowest BCUT2D eigenvalue weighted by atomic mass is 10.0. The van der Waals surface area contributed by atoms with Gasteiger partial charge in [0.1, 0.15) is 0 Å². The minimum absolute atomic E-state index is 0.0745. The first-order chi connectivity index (χ1) is 12.2. The normalized spacial score (nSPS) is 15.9. The van der Waals surface area contributed by atoms with Crippen molar-refractivity contribution < 1.29 is 4.79 Å². The summed E-state index contributed by atoms with van der Waals surface area (Å²) < 4.78 is 0. The first-order valence-electron chi connectivity index (χ1n) is 9.11. The lowest BCUT2D eigenvalue weighted by molar-refractivity contribution is -0.117. The first-order valence-corrected chi connectivity index (χ1v) is 9.11. The maximum absolute atomic E-state index is 12.5. The minimum atomic E-state index is 0.0745. The summed E-state index contributed by atoms with van der Waals surface area (Å²) in [5.41, 5.74) is 3.32. The number of benzene rings is 2. The van der Waals surface area contributed by atoms with Gasteiger partial charge in [0.25, 0.3) is 0 Å². The van der Waals surface area contributed by atoms with Crippen molar-refractivity contribution in [1.29, 1.82) is 0 Å². The van der Waals surface area contributed by atoms with Crippen molar-refractivity contribution >= 4 is 11.6 Å². The van der Waals surface area contributed by atoms with E-state index in [1.165, 1.54) is 5.56 Å².